The summed E-state index contributed by atoms with van der Waals surface area (Å²) in [6.07, 6.45) is -1.09. The first-order valence-electron chi connectivity index (χ1n) is 11.7. The van der Waals surface area contributed by atoms with Crippen LogP contribution < -0.4 is 19.9 Å². The van der Waals surface area contributed by atoms with Gasteiger partial charge in [-0.1, -0.05) is 11.6 Å². The third-order valence-corrected chi connectivity index (χ3v) is 6.47. The van der Waals surface area contributed by atoms with Gasteiger partial charge in [0, 0.05) is 28.4 Å². The van der Waals surface area contributed by atoms with Gasteiger partial charge in [-0.15, -0.1) is 8.78 Å². The predicted molar refractivity (Wildman–Crippen MR) is 133 cm³/mol. The molecule has 2 aromatic carbocycles. The number of anilines is 1. The maximum Gasteiger partial charge on any atom is 0.586 e. The molecule has 1 fully saturated rings. The van der Waals surface area contributed by atoms with Gasteiger partial charge in [0.2, 0.25) is 5.91 Å². The molecule has 4 aromatic rings. The molecule has 0 radical (unpaired) electrons. The van der Waals surface area contributed by atoms with Crippen molar-refractivity contribution in [1.29, 1.82) is 0 Å². The summed E-state index contributed by atoms with van der Waals surface area (Å²) in [4.78, 5) is 47.3. The fourth-order valence-corrected chi connectivity index (χ4v) is 4.66. The average Bonchev–Trinajstić information content (AvgIpc) is 3.49. The molecule has 0 unspecified atom stereocenters. The molecule has 0 spiro atoms. The zero-order valence-corrected chi connectivity index (χ0v) is 20.9. The van der Waals surface area contributed by atoms with Gasteiger partial charge in [0.05, 0.1) is 19.0 Å². The van der Waals surface area contributed by atoms with Gasteiger partial charge in [0.1, 0.15) is 23.3 Å². The highest BCUT2D eigenvalue weighted by Crippen LogP contribution is 2.44. The summed E-state index contributed by atoms with van der Waals surface area (Å²) in [5.41, 5.74) is 0.763. The Balaban J connectivity index is 1.38. The Hall–Kier alpha value is -4.52. The molecule has 3 heterocycles. The quantitative estimate of drug-likeness (QED) is 0.355. The minimum absolute atomic E-state index is 0.0932. The summed E-state index contributed by atoms with van der Waals surface area (Å²) in [6, 6.07) is 8.34. The van der Waals surface area contributed by atoms with E-state index in [0.29, 0.717) is 24.1 Å². The van der Waals surface area contributed by atoms with E-state index in [1.807, 2.05) is 0 Å². The Labute approximate surface area is 222 Å². The molecule has 1 N–H and O–H groups in total. The van der Waals surface area contributed by atoms with Crippen molar-refractivity contribution >= 4 is 40.2 Å². The number of carbonyl (C=O) groups excluding carboxylic acids is 2. The second-order valence-electron chi connectivity index (χ2n) is 8.95. The van der Waals surface area contributed by atoms with Crippen LogP contribution in [0.2, 0.25) is 5.02 Å². The SMILES string of the molecule is COC(=O)c1cc(Cl)cc(-c2nn(CC(=O)N(c3ccc4c(c3)OC(F)(F)O4)C3CC3)c(=O)c3[nH]cnc23)c1. The second kappa shape index (κ2) is 9.05. The van der Waals surface area contributed by atoms with Gasteiger partial charge in [0.25, 0.3) is 5.56 Å². The largest absolute Gasteiger partial charge is 0.586 e. The van der Waals surface area contributed by atoms with E-state index < -0.39 is 30.3 Å². The number of alkyl halides is 2. The van der Waals surface area contributed by atoms with E-state index >= 15 is 0 Å². The number of hydrogen-bond donors (Lipinski definition) is 1. The molecule has 6 rings (SSSR count). The Kier molecular flexibility index (Phi) is 5.75. The number of benzene rings is 2. The van der Waals surface area contributed by atoms with Crippen LogP contribution in [0.25, 0.3) is 22.3 Å². The summed E-state index contributed by atoms with van der Waals surface area (Å²) in [5, 5.41) is 4.63. The number of aromatic amines is 1. The number of nitrogens with one attached hydrogen (secondary N) is 1. The van der Waals surface area contributed by atoms with E-state index in [-0.39, 0.29) is 44.9 Å². The van der Waals surface area contributed by atoms with Crippen LogP contribution in [-0.4, -0.2) is 51.1 Å². The number of esters is 1. The Morgan fingerprint density at radius 3 is 2.72 bits per heavy atom. The summed E-state index contributed by atoms with van der Waals surface area (Å²) in [5.74, 6) is -1.47. The van der Waals surface area contributed by atoms with Crippen LogP contribution in [0.3, 0.4) is 0 Å². The fourth-order valence-electron chi connectivity index (χ4n) is 4.43. The number of imidazole rings is 1. The van der Waals surface area contributed by atoms with Crippen molar-refractivity contribution in [3.63, 3.8) is 0 Å². The topological polar surface area (TPSA) is 129 Å². The Morgan fingerprint density at radius 1 is 1.21 bits per heavy atom. The first-order chi connectivity index (χ1) is 18.6. The van der Waals surface area contributed by atoms with Gasteiger partial charge in [-0.25, -0.2) is 14.5 Å². The maximum absolute atomic E-state index is 13.5. The Morgan fingerprint density at radius 2 is 1.97 bits per heavy atom. The smallest absolute Gasteiger partial charge is 0.465 e. The van der Waals surface area contributed by atoms with Crippen molar-refractivity contribution < 1.29 is 32.6 Å². The summed E-state index contributed by atoms with van der Waals surface area (Å²) >= 11 is 6.23. The molecule has 0 bridgehead atoms. The first kappa shape index (κ1) is 24.8. The lowest BCUT2D eigenvalue weighted by molar-refractivity contribution is -0.286. The van der Waals surface area contributed by atoms with Crippen LogP contribution in [0.1, 0.15) is 23.2 Å². The Bertz CT molecular complexity index is 1720. The van der Waals surface area contributed by atoms with Gasteiger partial charge in [-0.3, -0.25) is 9.59 Å². The molecule has 2 aromatic heterocycles. The van der Waals surface area contributed by atoms with Crippen LogP contribution >= 0.6 is 11.6 Å². The molecule has 1 aliphatic carbocycles. The molecule has 200 valence electrons. The van der Waals surface area contributed by atoms with E-state index in [4.69, 9.17) is 16.3 Å². The number of H-pyrrole nitrogens is 1. The summed E-state index contributed by atoms with van der Waals surface area (Å²) < 4.78 is 41.8. The molecule has 14 heteroatoms. The van der Waals surface area contributed by atoms with Gasteiger partial charge in [-0.2, -0.15) is 5.10 Å². The lowest BCUT2D eigenvalue weighted by Gasteiger charge is -2.23. The third-order valence-electron chi connectivity index (χ3n) is 6.25. The normalized spacial score (nSPS) is 15.4. The van der Waals surface area contributed by atoms with Gasteiger partial charge >= 0.3 is 12.3 Å². The van der Waals surface area contributed by atoms with Crippen LogP contribution in [0, 0.1) is 0 Å². The van der Waals surface area contributed by atoms with Crippen molar-refractivity contribution in [2.24, 2.45) is 0 Å². The molecule has 1 amide bonds. The van der Waals surface area contributed by atoms with Crippen molar-refractivity contribution in [3.8, 4) is 22.8 Å². The molecular weight excluding hydrogens is 540 g/mol. The van der Waals surface area contributed by atoms with E-state index in [1.54, 1.807) is 6.07 Å². The second-order valence-corrected chi connectivity index (χ2v) is 9.39. The van der Waals surface area contributed by atoms with Crippen LogP contribution in [0.5, 0.6) is 11.5 Å². The van der Waals surface area contributed by atoms with E-state index in [9.17, 15) is 23.2 Å². The highest BCUT2D eigenvalue weighted by atomic mass is 35.5. The molecular formula is C25H18ClF2N5O6. The number of aromatic nitrogens is 4. The van der Waals surface area contributed by atoms with E-state index in [1.165, 1.54) is 48.7 Å². The number of halogens is 3. The minimum Gasteiger partial charge on any atom is -0.465 e. The molecule has 2 aliphatic rings. The van der Waals surface area contributed by atoms with Crippen LogP contribution in [0.4, 0.5) is 14.5 Å². The number of methoxy groups -OCH3 is 1. The highest BCUT2D eigenvalue weighted by molar-refractivity contribution is 6.31. The molecule has 11 nitrogen and oxygen atoms in total. The monoisotopic (exact) mass is 557 g/mol. The average molecular weight is 558 g/mol. The van der Waals surface area contributed by atoms with Crippen molar-refractivity contribution in [2.75, 3.05) is 12.0 Å². The van der Waals surface area contributed by atoms with Gasteiger partial charge < -0.3 is 24.1 Å². The summed E-state index contributed by atoms with van der Waals surface area (Å²) in [7, 11) is 1.23. The zero-order valence-electron chi connectivity index (χ0n) is 20.1. The number of ether oxygens (including phenoxy) is 3. The molecule has 39 heavy (non-hydrogen) atoms. The van der Waals surface area contributed by atoms with Gasteiger partial charge in [-0.05, 0) is 43.2 Å². The molecule has 0 atom stereocenters. The number of fused-ring (bicyclic) bond motifs is 2. The fraction of sp³-hybridized carbons (Fsp3) is 0.240. The van der Waals surface area contributed by atoms with Crippen molar-refractivity contribution in [2.45, 2.75) is 31.7 Å². The highest BCUT2D eigenvalue weighted by Gasteiger charge is 2.44. The van der Waals surface area contributed by atoms with Gasteiger partial charge in [0.15, 0.2) is 11.5 Å². The minimum atomic E-state index is -3.80. The standard InChI is InChI=1S/C25H18ClF2N5O6/c1-37-24(36)13-6-12(7-14(26)8-13)20-21-22(30-11-29-21)23(35)32(31-20)10-19(34)33(15-2-3-15)16-4-5-17-18(9-16)39-25(27,28)38-17/h4-9,11,15H,2-3,10H2,1H3,(H,29,30). The third kappa shape index (κ3) is 4.54. The number of carbonyl (C=O) groups is 2. The number of rotatable bonds is 6. The predicted octanol–water partition coefficient (Wildman–Crippen LogP) is 3.74. The molecule has 0 saturated heterocycles. The van der Waals surface area contributed by atoms with E-state index in [2.05, 4.69) is 24.5 Å². The van der Waals surface area contributed by atoms with Crippen molar-refractivity contribution in [1.82, 2.24) is 19.7 Å². The van der Waals surface area contributed by atoms with Crippen molar-refractivity contribution in [3.05, 3.63) is 63.7 Å². The number of amides is 1. The number of hydrogen-bond acceptors (Lipinski definition) is 8. The molecule has 1 saturated carbocycles. The van der Waals surface area contributed by atoms with Crippen LogP contribution in [-0.2, 0) is 16.1 Å². The lowest BCUT2D eigenvalue weighted by atomic mass is 10.1. The number of nitrogens with zero attached hydrogens (tertiary/aromatic N) is 4. The molecule has 1 aliphatic heterocycles. The summed E-state index contributed by atoms with van der Waals surface area (Å²) in [6.45, 7) is -0.466. The first-order valence-corrected chi connectivity index (χ1v) is 12.1. The zero-order chi connectivity index (χ0) is 27.5. The lowest BCUT2D eigenvalue weighted by Crippen LogP contribution is -2.39. The van der Waals surface area contributed by atoms with E-state index in [0.717, 1.165) is 4.68 Å². The maximum atomic E-state index is 13.5. The van der Waals surface area contributed by atoms with Crippen LogP contribution in [0.15, 0.2) is 47.5 Å².